The maximum atomic E-state index is 13.4. The van der Waals surface area contributed by atoms with Gasteiger partial charge in [-0.3, -0.25) is 25.3 Å². The molecule has 0 radical (unpaired) electrons. The molecule has 1 fully saturated rings. The molecule has 0 aliphatic carbocycles. The molecule has 0 saturated carbocycles. The lowest BCUT2D eigenvalue weighted by Crippen LogP contribution is -2.52. The van der Waals surface area contributed by atoms with E-state index < -0.39 is 18.0 Å². The van der Waals surface area contributed by atoms with Gasteiger partial charge in [0.15, 0.2) is 0 Å². The van der Waals surface area contributed by atoms with Gasteiger partial charge < -0.3 is 9.64 Å². The van der Waals surface area contributed by atoms with Gasteiger partial charge >= 0.3 is 18.1 Å². The number of rotatable bonds is 4. The van der Waals surface area contributed by atoms with Crippen molar-refractivity contribution in [3.8, 4) is 0 Å². The Bertz CT molecular complexity index is 1010. The van der Waals surface area contributed by atoms with E-state index >= 15 is 0 Å². The monoisotopic (exact) mass is 478 g/mol. The minimum absolute atomic E-state index is 0.0413. The summed E-state index contributed by atoms with van der Waals surface area (Å²) in [5, 5.41) is 0. The van der Waals surface area contributed by atoms with Gasteiger partial charge in [-0.2, -0.15) is 13.2 Å². The van der Waals surface area contributed by atoms with Crippen LogP contribution in [0.4, 0.5) is 23.7 Å². The molecule has 1 heterocycles. The lowest BCUT2D eigenvalue weighted by atomic mass is 10.1. The molecule has 2 atom stereocenters. The molecular formula is C23H25F3N4O4. The van der Waals surface area contributed by atoms with Gasteiger partial charge in [0.25, 0.3) is 5.91 Å². The first-order valence-electron chi connectivity index (χ1n) is 10.6. The normalized spacial score (nSPS) is 18.2. The second-order valence-electron chi connectivity index (χ2n) is 7.97. The summed E-state index contributed by atoms with van der Waals surface area (Å²) in [7, 11) is 0. The lowest BCUT2D eigenvalue weighted by Gasteiger charge is -2.38. The van der Waals surface area contributed by atoms with Crippen molar-refractivity contribution >= 4 is 23.5 Å². The van der Waals surface area contributed by atoms with Crippen LogP contribution in [0.5, 0.6) is 0 Å². The van der Waals surface area contributed by atoms with Crippen LogP contribution in [0.1, 0.15) is 29.8 Å². The molecule has 1 aliphatic heterocycles. The van der Waals surface area contributed by atoms with E-state index in [4.69, 9.17) is 4.74 Å². The number of halogens is 3. The van der Waals surface area contributed by atoms with Gasteiger partial charge in [-0.1, -0.05) is 30.3 Å². The topological polar surface area (TPSA) is 91.0 Å². The summed E-state index contributed by atoms with van der Waals surface area (Å²) in [6.07, 6.45) is -5.30. The molecule has 0 unspecified atom stereocenters. The predicted octanol–water partition coefficient (Wildman–Crippen LogP) is 3.25. The number of morpholine rings is 1. The number of hydrazine groups is 1. The number of nitrogens with zero attached hydrogens (tertiary/aromatic N) is 2. The van der Waals surface area contributed by atoms with Crippen molar-refractivity contribution < 1.29 is 32.3 Å². The molecule has 0 bridgehead atoms. The largest absolute Gasteiger partial charge is 0.472 e. The zero-order valence-electron chi connectivity index (χ0n) is 18.6. The summed E-state index contributed by atoms with van der Waals surface area (Å²) in [5.74, 6) is -3.18. The molecule has 11 heteroatoms. The second-order valence-corrected chi connectivity index (χ2v) is 7.97. The first kappa shape index (κ1) is 25.0. The van der Waals surface area contributed by atoms with E-state index in [0.29, 0.717) is 24.3 Å². The quantitative estimate of drug-likeness (QED) is 0.661. The Labute approximate surface area is 194 Å². The molecule has 34 heavy (non-hydrogen) atoms. The third-order valence-corrected chi connectivity index (χ3v) is 5.09. The maximum absolute atomic E-state index is 13.4. The summed E-state index contributed by atoms with van der Waals surface area (Å²) in [5.41, 5.74) is 4.46. The van der Waals surface area contributed by atoms with Crippen LogP contribution in [-0.2, 0) is 16.1 Å². The Hall–Kier alpha value is -3.60. The van der Waals surface area contributed by atoms with Crippen LogP contribution in [0.25, 0.3) is 0 Å². The van der Waals surface area contributed by atoms with Gasteiger partial charge in [-0.25, -0.2) is 4.79 Å². The molecule has 1 aliphatic rings. The number of amides is 4. The number of carbonyl (C=O) groups excluding carboxylic acids is 3. The average molecular weight is 478 g/mol. The first-order chi connectivity index (χ1) is 16.0. The van der Waals surface area contributed by atoms with Gasteiger partial charge in [-0.05, 0) is 43.7 Å². The molecule has 0 spiro atoms. The number of hydrogen-bond acceptors (Lipinski definition) is 4. The van der Waals surface area contributed by atoms with Crippen molar-refractivity contribution in [2.24, 2.45) is 0 Å². The number of ether oxygens (including phenoxy) is 1. The summed E-state index contributed by atoms with van der Waals surface area (Å²) in [4.78, 5) is 39.6. The van der Waals surface area contributed by atoms with E-state index in [2.05, 4.69) is 0 Å². The van der Waals surface area contributed by atoms with Crippen molar-refractivity contribution in [1.29, 1.82) is 0 Å². The van der Waals surface area contributed by atoms with Crippen LogP contribution in [0.15, 0.2) is 54.6 Å². The standard InChI is InChI=1S/C23H25F3N4O4/c1-15-12-29(13-16(2)34-15)22(33)30(19-6-4-3-5-7-19)14-17-8-10-18(11-9-17)20(31)27-28-21(32)23(24,25)26/h3-11,15-16H,12-14H2,1-2H3,(H,27,31)(H,28,32)/t15-,16+. The van der Waals surface area contributed by atoms with Crippen LogP contribution in [0.2, 0.25) is 0 Å². The van der Waals surface area contributed by atoms with Crippen molar-refractivity contribution in [1.82, 2.24) is 15.8 Å². The van der Waals surface area contributed by atoms with Crippen LogP contribution in [0, 0.1) is 0 Å². The number of alkyl halides is 3. The predicted molar refractivity (Wildman–Crippen MR) is 118 cm³/mol. The fourth-order valence-electron chi connectivity index (χ4n) is 3.58. The van der Waals surface area contributed by atoms with Gasteiger partial charge in [-0.15, -0.1) is 0 Å². The Morgan fingerprint density at radius 1 is 0.971 bits per heavy atom. The Morgan fingerprint density at radius 3 is 2.12 bits per heavy atom. The van der Waals surface area contributed by atoms with E-state index in [1.165, 1.54) is 17.6 Å². The van der Waals surface area contributed by atoms with E-state index in [0.717, 1.165) is 0 Å². The molecule has 8 nitrogen and oxygen atoms in total. The fourth-order valence-corrected chi connectivity index (χ4v) is 3.58. The van der Waals surface area contributed by atoms with Crippen LogP contribution in [-0.4, -0.2) is 54.2 Å². The number of carbonyl (C=O) groups is 3. The smallest absolute Gasteiger partial charge is 0.372 e. The summed E-state index contributed by atoms with van der Waals surface area (Å²) in [6.45, 7) is 4.92. The number of anilines is 1. The summed E-state index contributed by atoms with van der Waals surface area (Å²) < 4.78 is 42.5. The highest BCUT2D eigenvalue weighted by atomic mass is 19.4. The molecule has 3 rings (SSSR count). The van der Waals surface area contributed by atoms with Gasteiger partial charge in [0.1, 0.15) is 0 Å². The summed E-state index contributed by atoms with van der Waals surface area (Å²) in [6, 6.07) is 14.9. The van der Waals surface area contributed by atoms with Crippen LogP contribution >= 0.6 is 0 Å². The Balaban J connectivity index is 1.72. The molecule has 182 valence electrons. The third-order valence-electron chi connectivity index (χ3n) is 5.09. The zero-order valence-corrected chi connectivity index (χ0v) is 18.6. The number of urea groups is 1. The SMILES string of the molecule is C[C@@H]1CN(C(=O)N(Cc2ccc(C(=O)NNC(=O)C(F)(F)F)cc2)c2ccccc2)C[C@H](C)O1. The molecular weight excluding hydrogens is 453 g/mol. The van der Waals surface area contributed by atoms with Crippen molar-refractivity contribution in [2.45, 2.75) is 38.8 Å². The average Bonchev–Trinajstić information content (AvgIpc) is 2.80. The van der Waals surface area contributed by atoms with Crippen LogP contribution < -0.4 is 15.8 Å². The second kappa shape index (κ2) is 10.6. The lowest BCUT2D eigenvalue weighted by molar-refractivity contribution is -0.174. The number of para-hydroxylation sites is 1. The summed E-state index contributed by atoms with van der Waals surface area (Å²) >= 11 is 0. The highest BCUT2D eigenvalue weighted by molar-refractivity contribution is 5.96. The van der Waals surface area contributed by atoms with E-state index in [1.807, 2.05) is 44.2 Å². The highest BCUT2D eigenvalue weighted by Crippen LogP contribution is 2.22. The molecule has 1 saturated heterocycles. The van der Waals surface area contributed by atoms with Crippen molar-refractivity contribution in [2.75, 3.05) is 18.0 Å². The van der Waals surface area contributed by atoms with Crippen molar-refractivity contribution in [3.63, 3.8) is 0 Å². The molecule has 0 aromatic heterocycles. The van der Waals surface area contributed by atoms with Gasteiger partial charge in [0.05, 0.1) is 18.8 Å². The van der Waals surface area contributed by atoms with Crippen molar-refractivity contribution in [3.05, 3.63) is 65.7 Å². The first-order valence-corrected chi connectivity index (χ1v) is 10.6. The molecule has 2 aromatic rings. The molecule has 2 N–H and O–H groups in total. The van der Waals surface area contributed by atoms with Crippen LogP contribution in [0.3, 0.4) is 0 Å². The maximum Gasteiger partial charge on any atom is 0.472 e. The number of nitrogens with one attached hydrogen (secondary N) is 2. The minimum Gasteiger partial charge on any atom is -0.372 e. The van der Waals surface area contributed by atoms with Gasteiger partial charge in [0.2, 0.25) is 0 Å². The van der Waals surface area contributed by atoms with E-state index in [1.54, 1.807) is 27.4 Å². The Morgan fingerprint density at radius 2 is 1.56 bits per heavy atom. The van der Waals surface area contributed by atoms with E-state index in [9.17, 15) is 27.6 Å². The Kier molecular flexibility index (Phi) is 7.77. The third kappa shape index (κ3) is 6.47. The minimum atomic E-state index is -5.11. The zero-order chi connectivity index (χ0) is 24.9. The number of benzene rings is 2. The van der Waals surface area contributed by atoms with E-state index in [-0.39, 0.29) is 30.3 Å². The highest BCUT2D eigenvalue weighted by Gasteiger charge is 2.39. The molecule has 2 aromatic carbocycles. The fraction of sp³-hybridized carbons (Fsp3) is 0.348. The van der Waals surface area contributed by atoms with Gasteiger partial charge in [0, 0.05) is 24.3 Å². The number of hydrogen-bond donors (Lipinski definition) is 2. The molecule has 4 amide bonds.